The molecule has 0 bridgehead atoms. The van der Waals surface area contributed by atoms with Gasteiger partial charge in [0.1, 0.15) is 5.82 Å². The van der Waals surface area contributed by atoms with Crippen molar-refractivity contribution in [3.63, 3.8) is 0 Å². The largest absolute Gasteiger partial charge is 0.313 e. The first-order chi connectivity index (χ1) is 6.07. The highest BCUT2D eigenvalue weighted by molar-refractivity contribution is 6.31. The van der Waals surface area contributed by atoms with Gasteiger partial charge in [-0.15, -0.1) is 0 Å². The molecule has 1 aromatic rings. The average Bonchev–Trinajstić information content (AvgIpc) is 2.12. The first-order valence-electron chi connectivity index (χ1n) is 4.19. The number of aryl methyl sites for hydroxylation is 1. The Morgan fingerprint density at radius 3 is 2.62 bits per heavy atom. The maximum Gasteiger partial charge on any atom is 0.132 e. The zero-order valence-electron chi connectivity index (χ0n) is 7.99. The molecule has 0 fully saturated rings. The second-order valence-corrected chi connectivity index (χ2v) is 3.51. The second-order valence-electron chi connectivity index (χ2n) is 3.10. The molecule has 1 atom stereocenters. The Kier molecular flexibility index (Phi) is 3.28. The van der Waals surface area contributed by atoms with Crippen LogP contribution in [-0.4, -0.2) is 7.05 Å². The monoisotopic (exact) mass is 201 g/mol. The lowest BCUT2D eigenvalue weighted by molar-refractivity contribution is 0.556. The third-order valence-electron chi connectivity index (χ3n) is 2.19. The quantitative estimate of drug-likeness (QED) is 0.776. The van der Waals surface area contributed by atoms with Crippen molar-refractivity contribution < 1.29 is 4.39 Å². The Hall–Kier alpha value is -0.600. The van der Waals surface area contributed by atoms with Gasteiger partial charge in [-0.1, -0.05) is 17.7 Å². The zero-order valence-corrected chi connectivity index (χ0v) is 8.74. The van der Waals surface area contributed by atoms with Crippen LogP contribution in [-0.2, 0) is 0 Å². The molecule has 0 radical (unpaired) electrons. The molecular weight excluding hydrogens is 189 g/mol. The minimum atomic E-state index is -0.214. The predicted molar refractivity (Wildman–Crippen MR) is 53.6 cm³/mol. The van der Waals surface area contributed by atoms with Crippen LogP contribution in [0.25, 0.3) is 0 Å². The third kappa shape index (κ3) is 2.01. The van der Waals surface area contributed by atoms with Crippen LogP contribution in [0.4, 0.5) is 4.39 Å². The van der Waals surface area contributed by atoms with E-state index in [9.17, 15) is 4.39 Å². The number of hydrogen-bond acceptors (Lipinski definition) is 1. The number of benzene rings is 1. The second kappa shape index (κ2) is 4.07. The van der Waals surface area contributed by atoms with E-state index in [1.807, 2.05) is 6.92 Å². The first-order valence-corrected chi connectivity index (χ1v) is 4.57. The van der Waals surface area contributed by atoms with Crippen molar-refractivity contribution in [2.24, 2.45) is 0 Å². The summed E-state index contributed by atoms with van der Waals surface area (Å²) in [5.41, 5.74) is 1.17. The topological polar surface area (TPSA) is 12.0 Å². The molecule has 0 saturated carbocycles. The number of halogens is 2. The van der Waals surface area contributed by atoms with Crippen LogP contribution in [0.5, 0.6) is 0 Å². The van der Waals surface area contributed by atoms with Gasteiger partial charge in [0.05, 0.1) is 0 Å². The minimum absolute atomic E-state index is 0.0626. The highest BCUT2D eigenvalue weighted by Crippen LogP contribution is 2.27. The molecule has 13 heavy (non-hydrogen) atoms. The normalized spacial score (nSPS) is 13.0. The Morgan fingerprint density at radius 1 is 1.46 bits per heavy atom. The summed E-state index contributed by atoms with van der Waals surface area (Å²) < 4.78 is 13.6. The lowest BCUT2D eigenvalue weighted by Gasteiger charge is -2.14. The SMILES string of the molecule is CN[C@H](C)c1c(Cl)ccc(C)c1F. The summed E-state index contributed by atoms with van der Waals surface area (Å²) in [6, 6.07) is 3.35. The van der Waals surface area contributed by atoms with Crippen LogP contribution in [0.1, 0.15) is 24.1 Å². The highest BCUT2D eigenvalue weighted by atomic mass is 35.5. The van der Waals surface area contributed by atoms with Gasteiger partial charge in [0.15, 0.2) is 0 Å². The van der Waals surface area contributed by atoms with Crippen molar-refractivity contribution in [3.05, 3.63) is 34.1 Å². The van der Waals surface area contributed by atoms with Crippen molar-refractivity contribution in [1.82, 2.24) is 5.32 Å². The van der Waals surface area contributed by atoms with E-state index < -0.39 is 0 Å². The molecule has 0 unspecified atom stereocenters. The lowest BCUT2D eigenvalue weighted by atomic mass is 10.0. The maximum atomic E-state index is 13.6. The van der Waals surface area contributed by atoms with E-state index >= 15 is 0 Å². The van der Waals surface area contributed by atoms with Crippen LogP contribution in [0.2, 0.25) is 5.02 Å². The fourth-order valence-corrected chi connectivity index (χ4v) is 1.53. The van der Waals surface area contributed by atoms with Crippen LogP contribution >= 0.6 is 11.6 Å². The Morgan fingerprint density at radius 2 is 2.08 bits per heavy atom. The molecule has 1 nitrogen and oxygen atoms in total. The summed E-state index contributed by atoms with van der Waals surface area (Å²) in [6.07, 6.45) is 0. The van der Waals surface area contributed by atoms with Crippen molar-refractivity contribution in [2.45, 2.75) is 19.9 Å². The van der Waals surface area contributed by atoms with Gasteiger partial charge in [-0.05, 0) is 32.5 Å². The summed E-state index contributed by atoms with van der Waals surface area (Å²) >= 11 is 5.90. The van der Waals surface area contributed by atoms with E-state index in [4.69, 9.17) is 11.6 Å². The van der Waals surface area contributed by atoms with Gasteiger partial charge in [0.2, 0.25) is 0 Å². The van der Waals surface area contributed by atoms with Gasteiger partial charge < -0.3 is 5.32 Å². The summed E-state index contributed by atoms with van der Waals surface area (Å²) in [5.74, 6) is -0.214. The van der Waals surface area contributed by atoms with Crippen molar-refractivity contribution >= 4 is 11.6 Å². The molecular formula is C10H13ClFN. The van der Waals surface area contributed by atoms with E-state index in [0.29, 0.717) is 16.1 Å². The molecule has 0 saturated heterocycles. The summed E-state index contributed by atoms with van der Waals surface area (Å²) in [4.78, 5) is 0. The van der Waals surface area contributed by atoms with Gasteiger partial charge in [0, 0.05) is 16.6 Å². The van der Waals surface area contributed by atoms with Crippen LogP contribution in [0.15, 0.2) is 12.1 Å². The van der Waals surface area contributed by atoms with E-state index in [2.05, 4.69) is 5.32 Å². The summed E-state index contributed by atoms with van der Waals surface area (Å²) in [5, 5.41) is 3.44. The lowest BCUT2D eigenvalue weighted by Crippen LogP contribution is -2.15. The minimum Gasteiger partial charge on any atom is -0.313 e. The number of hydrogen-bond donors (Lipinski definition) is 1. The Balaban J connectivity index is 3.25. The Labute approximate surface area is 82.9 Å². The van der Waals surface area contributed by atoms with Gasteiger partial charge in [0.25, 0.3) is 0 Å². The molecule has 0 aromatic heterocycles. The van der Waals surface area contributed by atoms with Crippen molar-refractivity contribution in [1.29, 1.82) is 0 Å². The van der Waals surface area contributed by atoms with Crippen LogP contribution in [0.3, 0.4) is 0 Å². The van der Waals surface area contributed by atoms with Gasteiger partial charge in [-0.3, -0.25) is 0 Å². The summed E-state index contributed by atoms with van der Waals surface area (Å²) in [6.45, 7) is 3.61. The van der Waals surface area contributed by atoms with Crippen LogP contribution < -0.4 is 5.32 Å². The van der Waals surface area contributed by atoms with Gasteiger partial charge in [-0.25, -0.2) is 4.39 Å². The molecule has 72 valence electrons. The molecule has 1 N–H and O–H groups in total. The number of nitrogens with one attached hydrogen (secondary N) is 1. The fourth-order valence-electron chi connectivity index (χ4n) is 1.22. The van der Waals surface area contributed by atoms with E-state index in [-0.39, 0.29) is 11.9 Å². The van der Waals surface area contributed by atoms with Crippen LogP contribution in [0, 0.1) is 12.7 Å². The zero-order chi connectivity index (χ0) is 10.0. The molecule has 0 aliphatic rings. The highest BCUT2D eigenvalue weighted by Gasteiger charge is 2.14. The fraction of sp³-hybridized carbons (Fsp3) is 0.400. The predicted octanol–water partition coefficient (Wildman–Crippen LogP) is 3.07. The average molecular weight is 202 g/mol. The summed E-state index contributed by atoms with van der Waals surface area (Å²) in [7, 11) is 1.78. The van der Waals surface area contributed by atoms with E-state index in [1.165, 1.54) is 0 Å². The maximum absolute atomic E-state index is 13.6. The third-order valence-corrected chi connectivity index (χ3v) is 2.52. The standard InChI is InChI=1S/C10H13ClFN/c1-6-4-5-8(11)9(10(6)12)7(2)13-3/h4-5,7,13H,1-3H3/t7-/m1/s1. The molecule has 1 rings (SSSR count). The molecule has 0 amide bonds. The number of rotatable bonds is 2. The van der Waals surface area contributed by atoms with E-state index in [1.54, 1.807) is 26.1 Å². The first kappa shape index (κ1) is 10.5. The molecule has 0 spiro atoms. The molecule has 0 heterocycles. The Bertz CT molecular complexity index is 312. The smallest absolute Gasteiger partial charge is 0.132 e. The van der Waals surface area contributed by atoms with Crippen molar-refractivity contribution in [2.75, 3.05) is 7.05 Å². The van der Waals surface area contributed by atoms with Crippen molar-refractivity contribution in [3.8, 4) is 0 Å². The van der Waals surface area contributed by atoms with Gasteiger partial charge in [-0.2, -0.15) is 0 Å². The molecule has 0 aliphatic heterocycles. The van der Waals surface area contributed by atoms with Gasteiger partial charge >= 0.3 is 0 Å². The molecule has 0 aliphatic carbocycles. The van der Waals surface area contributed by atoms with E-state index in [0.717, 1.165) is 0 Å². The molecule has 3 heteroatoms. The molecule has 1 aromatic carbocycles.